The van der Waals surface area contributed by atoms with E-state index in [9.17, 15) is 18.3 Å². The molecular weight excluding hydrogens is 279 g/mol. The molecule has 0 aliphatic heterocycles. The van der Waals surface area contributed by atoms with Gasteiger partial charge >= 0.3 is 0 Å². The van der Waals surface area contributed by atoms with Crippen LogP contribution in [0.15, 0.2) is 42.5 Å². The summed E-state index contributed by atoms with van der Waals surface area (Å²) in [5.74, 6) is -1.65. The number of hydrogen-bond donors (Lipinski definition) is 2. The maximum absolute atomic E-state index is 13.6. The molecule has 0 amide bonds. The van der Waals surface area contributed by atoms with Crippen LogP contribution in [-0.2, 0) is 0 Å². The van der Waals surface area contributed by atoms with Gasteiger partial charge in [0.25, 0.3) is 0 Å². The highest BCUT2D eigenvalue weighted by molar-refractivity contribution is 5.23. The molecule has 2 aromatic rings. The van der Waals surface area contributed by atoms with Crippen molar-refractivity contribution < 1.29 is 18.3 Å². The zero-order valence-corrected chi connectivity index (χ0v) is 11.5. The summed E-state index contributed by atoms with van der Waals surface area (Å²) in [6.45, 7) is 1.71. The average molecular weight is 295 g/mol. The maximum Gasteiger partial charge on any atom is 0.129 e. The zero-order chi connectivity index (χ0) is 15.4. The highest BCUT2D eigenvalue weighted by atomic mass is 19.1. The van der Waals surface area contributed by atoms with Gasteiger partial charge in [-0.3, -0.25) is 0 Å². The third-order valence-corrected chi connectivity index (χ3v) is 3.31. The molecule has 0 saturated heterocycles. The number of halogens is 3. The van der Waals surface area contributed by atoms with Crippen molar-refractivity contribution in [2.24, 2.45) is 0 Å². The molecule has 2 rings (SSSR count). The van der Waals surface area contributed by atoms with Gasteiger partial charge in [0.05, 0.1) is 6.10 Å². The van der Waals surface area contributed by atoms with E-state index in [-0.39, 0.29) is 24.0 Å². The van der Waals surface area contributed by atoms with Crippen LogP contribution >= 0.6 is 0 Å². The van der Waals surface area contributed by atoms with E-state index in [1.165, 1.54) is 6.07 Å². The van der Waals surface area contributed by atoms with Gasteiger partial charge in [0.1, 0.15) is 17.5 Å². The molecule has 2 N–H and O–H groups in total. The Morgan fingerprint density at radius 3 is 2.38 bits per heavy atom. The third-order valence-electron chi connectivity index (χ3n) is 3.31. The fraction of sp³-hybridized carbons (Fsp3) is 0.250. The lowest BCUT2D eigenvalue weighted by atomic mass is 10.1. The van der Waals surface area contributed by atoms with Crippen molar-refractivity contribution in [1.82, 2.24) is 5.32 Å². The molecule has 2 unspecified atom stereocenters. The Balaban J connectivity index is 2.02. The average Bonchev–Trinajstić information content (AvgIpc) is 2.47. The SMILES string of the molecule is CC(NCC(O)c1cc(F)ccc1F)c1ccccc1F. The molecule has 21 heavy (non-hydrogen) atoms. The second-order valence-corrected chi connectivity index (χ2v) is 4.83. The minimum Gasteiger partial charge on any atom is -0.387 e. The number of hydrogen-bond acceptors (Lipinski definition) is 2. The van der Waals surface area contributed by atoms with E-state index in [1.807, 2.05) is 0 Å². The highest BCUT2D eigenvalue weighted by Gasteiger charge is 2.16. The van der Waals surface area contributed by atoms with Crippen molar-refractivity contribution >= 4 is 0 Å². The minimum atomic E-state index is -1.21. The van der Waals surface area contributed by atoms with Crippen LogP contribution in [-0.4, -0.2) is 11.7 Å². The van der Waals surface area contributed by atoms with E-state index in [1.54, 1.807) is 25.1 Å². The van der Waals surface area contributed by atoms with Gasteiger partial charge in [0.2, 0.25) is 0 Å². The first-order valence-electron chi connectivity index (χ1n) is 6.60. The molecule has 2 atom stereocenters. The summed E-state index contributed by atoms with van der Waals surface area (Å²) in [5.41, 5.74) is 0.327. The van der Waals surface area contributed by atoms with Gasteiger partial charge in [-0.2, -0.15) is 0 Å². The van der Waals surface area contributed by atoms with Gasteiger partial charge in [0.15, 0.2) is 0 Å². The Bertz CT molecular complexity index is 618. The fourth-order valence-electron chi connectivity index (χ4n) is 2.10. The van der Waals surface area contributed by atoms with Gasteiger partial charge in [-0.15, -0.1) is 0 Å². The standard InChI is InChI=1S/C16H16F3NO/c1-10(12-4-2-3-5-14(12)18)20-9-16(21)13-8-11(17)6-7-15(13)19/h2-8,10,16,20-21H,9H2,1H3. The summed E-state index contributed by atoms with van der Waals surface area (Å²) >= 11 is 0. The monoisotopic (exact) mass is 295 g/mol. The molecular formula is C16H16F3NO. The Hall–Kier alpha value is -1.85. The highest BCUT2D eigenvalue weighted by Crippen LogP contribution is 2.20. The Morgan fingerprint density at radius 2 is 1.67 bits per heavy atom. The summed E-state index contributed by atoms with van der Waals surface area (Å²) in [6, 6.07) is 8.81. The number of aliphatic hydroxyl groups excluding tert-OH is 1. The number of nitrogens with one attached hydrogen (secondary N) is 1. The van der Waals surface area contributed by atoms with Crippen molar-refractivity contribution in [3.05, 3.63) is 71.0 Å². The Labute approximate surface area is 121 Å². The predicted molar refractivity (Wildman–Crippen MR) is 74.1 cm³/mol. The van der Waals surface area contributed by atoms with Gasteiger partial charge < -0.3 is 10.4 Å². The van der Waals surface area contributed by atoms with E-state index in [0.717, 1.165) is 18.2 Å². The molecule has 0 saturated carbocycles. The molecule has 0 heterocycles. The van der Waals surface area contributed by atoms with Crippen LogP contribution in [0.3, 0.4) is 0 Å². The van der Waals surface area contributed by atoms with Crippen molar-refractivity contribution in [1.29, 1.82) is 0 Å². The summed E-state index contributed by atoms with van der Waals surface area (Å²) in [6.07, 6.45) is -1.21. The molecule has 2 nitrogen and oxygen atoms in total. The number of rotatable bonds is 5. The van der Waals surface area contributed by atoms with Crippen LogP contribution in [0.4, 0.5) is 13.2 Å². The van der Waals surface area contributed by atoms with E-state index in [2.05, 4.69) is 5.32 Å². The first-order valence-corrected chi connectivity index (χ1v) is 6.60. The van der Waals surface area contributed by atoms with Gasteiger partial charge in [-0.05, 0) is 31.2 Å². The summed E-state index contributed by atoms with van der Waals surface area (Å²) in [5, 5.41) is 12.8. The summed E-state index contributed by atoms with van der Waals surface area (Å²) < 4.78 is 40.2. The summed E-state index contributed by atoms with van der Waals surface area (Å²) in [4.78, 5) is 0. The molecule has 0 aromatic heterocycles. The molecule has 0 radical (unpaired) electrons. The maximum atomic E-state index is 13.6. The lowest BCUT2D eigenvalue weighted by Gasteiger charge is -2.18. The van der Waals surface area contributed by atoms with Crippen molar-refractivity contribution in [3.8, 4) is 0 Å². The van der Waals surface area contributed by atoms with Gasteiger partial charge in [-0.25, -0.2) is 13.2 Å². The molecule has 0 spiro atoms. The molecule has 0 aliphatic carbocycles. The zero-order valence-electron chi connectivity index (χ0n) is 11.5. The first kappa shape index (κ1) is 15.5. The Morgan fingerprint density at radius 1 is 1.00 bits per heavy atom. The van der Waals surface area contributed by atoms with E-state index < -0.39 is 17.7 Å². The van der Waals surface area contributed by atoms with Gasteiger partial charge in [-0.1, -0.05) is 18.2 Å². The lowest BCUT2D eigenvalue weighted by molar-refractivity contribution is 0.165. The fourth-order valence-corrected chi connectivity index (χ4v) is 2.10. The summed E-state index contributed by atoms with van der Waals surface area (Å²) in [7, 11) is 0. The van der Waals surface area contributed by atoms with E-state index >= 15 is 0 Å². The second kappa shape index (κ2) is 6.74. The molecule has 0 aliphatic rings. The van der Waals surface area contributed by atoms with E-state index in [4.69, 9.17) is 0 Å². The largest absolute Gasteiger partial charge is 0.387 e. The Kier molecular flexibility index (Phi) is 4.98. The van der Waals surface area contributed by atoms with Crippen LogP contribution in [0.25, 0.3) is 0 Å². The topological polar surface area (TPSA) is 32.3 Å². The lowest BCUT2D eigenvalue weighted by Crippen LogP contribution is -2.25. The van der Waals surface area contributed by atoms with Crippen LogP contribution in [0.2, 0.25) is 0 Å². The van der Waals surface area contributed by atoms with Crippen LogP contribution < -0.4 is 5.32 Å². The molecule has 5 heteroatoms. The predicted octanol–water partition coefficient (Wildman–Crippen LogP) is 3.49. The molecule has 2 aromatic carbocycles. The minimum absolute atomic E-state index is 0.0180. The first-order chi connectivity index (χ1) is 9.99. The van der Waals surface area contributed by atoms with Crippen LogP contribution in [0, 0.1) is 17.5 Å². The van der Waals surface area contributed by atoms with Crippen molar-refractivity contribution in [3.63, 3.8) is 0 Å². The molecule has 0 fully saturated rings. The number of benzene rings is 2. The van der Waals surface area contributed by atoms with Crippen molar-refractivity contribution in [2.45, 2.75) is 19.1 Å². The van der Waals surface area contributed by atoms with Crippen LogP contribution in [0.1, 0.15) is 30.2 Å². The smallest absolute Gasteiger partial charge is 0.129 e. The molecule has 112 valence electrons. The van der Waals surface area contributed by atoms with Crippen LogP contribution in [0.5, 0.6) is 0 Å². The second-order valence-electron chi connectivity index (χ2n) is 4.83. The molecule has 0 bridgehead atoms. The van der Waals surface area contributed by atoms with Gasteiger partial charge in [0, 0.05) is 23.7 Å². The van der Waals surface area contributed by atoms with Crippen molar-refractivity contribution in [2.75, 3.05) is 6.54 Å². The third kappa shape index (κ3) is 3.83. The number of aliphatic hydroxyl groups is 1. The van der Waals surface area contributed by atoms with E-state index in [0.29, 0.717) is 5.56 Å². The normalized spacial score (nSPS) is 14.0. The quantitative estimate of drug-likeness (QED) is 0.885.